The number of alkyl halides is 3. The van der Waals surface area contributed by atoms with E-state index in [1.807, 2.05) is 0 Å². The molecule has 0 radical (unpaired) electrons. The van der Waals surface area contributed by atoms with Gasteiger partial charge in [-0.25, -0.2) is 19.4 Å². The number of likely N-dealkylation sites (tertiary alicyclic amines) is 1. The summed E-state index contributed by atoms with van der Waals surface area (Å²) in [6.07, 6.45) is 0.0910. The number of rotatable bonds is 5. The summed E-state index contributed by atoms with van der Waals surface area (Å²) in [5, 5.41) is 20.8. The third kappa shape index (κ3) is 6.26. The molecule has 224 valence electrons. The first-order valence-electron chi connectivity index (χ1n) is 12.7. The summed E-state index contributed by atoms with van der Waals surface area (Å²) in [6.45, 7) is 1.29. The van der Waals surface area contributed by atoms with Gasteiger partial charge in [0.1, 0.15) is 18.2 Å². The lowest BCUT2D eigenvalue weighted by Crippen LogP contribution is -2.57. The minimum absolute atomic E-state index is 0.0976. The number of amides is 4. The van der Waals surface area contributed by atoms with Crippen molar-refractivity contribution in [2.45, 2.75) is 37.6 Å². The lowest BCUT2D eigenvalue weighted by Gasteiger charge is -2.39. The van der Waals surface area contributed by atoms with Crippen LogP contribution in [0.2, 0.25) is 0 Å². The molecule has 3 aliphatic heterocycles. The number of carboxylic acid groups (broad SMARTS) is 1. The minimum Gasteiger partial charge on any atom is -0.475 e. The van der Waals surface area contributed by atoms with Gasteiger partial charge in [-0.15, -0.1) is 5.10 Å². The van der Waals surface area contributed by atoms with Gasteiger partial charge >= 0.3 is 12.1 Å². The van der Waals surface area contributed by atoms with Gasteiger partial charge in [0.05, 0.1) is 17.9 Å². The zero-order valence-corrected chi connectivity index (χ0v) is 22.0. The van der Waals surface area contributed by atoms with E-state index < -0.39 is 24.1 Å². The molecule has 1 unspecified atom stereocenters. The van der Waals surface area contributed by atoms with Crippen molar-refractivity contribution in [1.82, 2.24) is 40.1 Å². The van der Waals surface area contributed by atoms with E-state index in [4.69, 9.17) is 9.90 Å². The number of imide groups is 1. The lowest BCUT2D eigenvalue weighted by molar-refractivity contribution is -0.192. The van der Waals surface area contributed by atoms with Crippen LogP contribution in [0.25, 0.3) is 5.69 Å². The van der Waals surface area contributed by atoms with Gasteiger partial charge in [-0.3, -0.25) is 24.5 Å². The summed E-state index contributed by atoms with van der Waals surface area (Å²) in [7, 11) is 0. The van der Waals surface area contributed by atoms with Gasteiger partial charge in [-0.2, -0.15) is 13.2 Å². The largest absolute Gasteiger partial charge is 0.490 e. The second kappa shape index (κ2) is 11.5. The maximum Gasteiger partial charge on any atom is 0.490 e. The molecule has 3 aromatic rings. The van der Waals surface area contributed by atoms with Crippen molar-refractivity contribution in [1.29, 1.82) is 0 Å². The van der Waals surface area contributed by atoms with E-state index in [9.17, 15) is 32.3 Å². The summed E-state index contributed by atoms with van der Waals surface area (Å²) in [5.41, 5.74) is 2.11. The molecule has 3 aliphatic rings. The highest BCUT2D eigenvalue weighted by molar-refractivity contribution is 6.05. The maximum absolute atomic E-state index is 12.9. The number of halogens is 3. The van der Waals surface area contributed by atoms with Crippen LogP contribution >= 0.6 is 0 Å². The third-order valence-corrected chi connectivity index (χ3v) is 6.83. The fourth-order valence-corrected chi connectivity index (χ4v) is 4.67. The van der Waals surface area contributed by atoms with Crippen molar-refractivity contribution in [2.75, 3.05) is 18.4 Å². The van der Waals surface area contributed by atoms with Crippen LogP contribution in [0.15, 0.2) is 43.0 Å². The Balaban J connectivity index is 0.000000472. The number of hydrogen-bond acceptors (Lipinski definition) is 10. The summed E-state index contributed by atoms with van der Waals surface area (Å²) in [5.74, 6) is -3.29. The number of nitrogens with one attached hydrogen (secondary N) is 2. The van der Waals surface area contributed by atoms with E-state index in [0.717, 1.165) is 5.56 Å². The first-order chi connectivity index (χ1) is 20.4. The SMILES string of the molecule is O=C(O)C(F)(F)F.O=C1CCC(N2Cc3cc(-n4cc(C(=O)N5CC(Nc6ccncn6)C5)nn4)ccc3C2=O)C(=O)N1. The molecule has 0 bridgehead atoms. The quantitative estimate of drug-likeness (QED) is 0.343. The summed E-state index contributed by atoms with van der Waals surface area (Å²) >= 11 is 0. The molecule has 1 atom stereocenters. The molecule has 2 aromatic heterocycles. The fourth-order valence-electron chi connectivity index (χ4n) is 4.67. The number of fused-ring (bicyclic) bond motifs is 1. The molecule has 5 heterocycles. The second-order valence-electron chi connectivity index (χ2n) is 9.74. The number of aromatic nitrogens is 5. The molecular formula is C25H22F3N9O6. The van der Waals surface area contributed by atoms with E-state index in [-0.39, 0.29) is 42.4 Å². The van der Waals surface area contributed by atoms with Crippen molar-refractivity contribution in [3.8, 4) is 5.69 Å². The minimum atomic E-state index is -5.08. The molecule has 2 saturated heterocycles. The van der Waals surface area contributed by atoms with Crippen LogP contribution in [0.1, 0.15) is 39.3 Å². The smallest absolute Gasteiger partial charge is 0.475 e. The van der Waals surface area contributed by atoms with Crippen LogP contribution in [0.4, 0.5) is 19.0 Å². The van der Waals surface area contributed by atoms with Crippen molar-refractivity contribution in [3.63, 3.8) is 0 Å². The Morgan fingerprint density at radius 1 is 1.12 bits per heavy atom. The Morgan fingerprint density at radius 3 is 2.51 bits per heavy atom. The highest BCUT2D eigenvalue weighted by atomic mass is 19.4. The molecular weight excluding hydrogens is 579 g/mol. The van der Waals surface area contributed by atoms with Gasteiger partial charge in [-0.1, -0.05) is 5.21 Å². The Morgan fingerprint density at radius 2 is 1.86 bits per heavy atom. The van der Waals surface area contributed by atoms with E-state index in [2.05, 4.69) is 30.9 Å². The van der Waals surface area contributed by atoms with Crippen molar-refractivity contribution < 1.29 is 42.3 Å². The van der Waals surface area contributed by atoms with Crippen molar-refractivity contribution >= 4 is 35.4 Å². The fraction of sp³-hybridized carbons (Fsp3) is 0.320. The molecule has 18 heteroatoms. The number of benzene rings is 1. The molecule has 15 nitrogen and oxygen atoms in total. The van der Waals surface area contributed by atoms with E-state index in [0.29, 0.717) is 36.6 Å². The zero-order chi connectivity index (χ0) is 30.9. The molecule has 3 N–H and O–H groups in total. The lowest BCUT2D eigenvalue weighted by atomic mass is 10.0. The molecule has 4 amide bonds. The van der Waals surface area contributed by atoms with Gasteiger partial charge in [0, 0.05) is 37.8 Å². The van der Waals surface area contributed by atoms with Gasteiger partial charge < -0.3 is 20.2 Å². The van der Waals surface area contributed by atoms with Crippen LogP contribution in [0.3, 0.4) is 0 Å². The van der Waals surface area contributed by atoms with E-state index in [1.54, 1.807) is 41.6 Å². The van der Waals surface area contributed by atoms with Gasteiger partial charge in [0.25, 0.3) is 11.8 Å². The number of carboxylic acids is 1. The van der Waals surface area contributed by atoms with Gasteiger partial charge in [-0.05, 0) is 36.2 Å². The third-order valence-electron chi connectivity index (χ3n) is 6.83. The Labute approximate surface area is 239 Å². The second-order valence-corrected chi connectivity index (χ2v) is 9.74. The van der Waals surface area contributed by atoms with E-state index in [1.165, 1.54) is 15.9 Å². The van der Waals surface area contributed by atoms with Crippen LogP contribution < -0.4 is 10.6 Å². The number of aliphatic carboxylic acids is 1. The predicted molar refractivity (Wildman–Crippen MR) is 136 cm³/mol. The number of nitrogens with zero attached hydrogens (tertiary/aromatic N) is 7. The zero-order valence-electron chi connectivity index (χ0n) is 22.0. The Hall–Kier alpha value is -5.42. The maximum atomic E-state index is 12.9. The standard InChI is InChI=1S/C23H21N9O4.C2HF3O2/c33-20-4-3-18(21(34)27-20)31-8-13-7-15(1-2-16(13)22(31)35)32-11-17(28-29-32)23(36)30-9-14(10-30)26-19-5-6-24-12-25-19;3-2(4,5)1(6)7/h1-2,5-7,11-12,14,18H,3-4,8-10H2,(H,24,25,26)(H,27,33,34);(H,6,7). The van der Waals surface area contributed by atoms with Gasteiger partial charge in [0.2, 0.25) is 11.8 Å². The predicted octanol–water partition coefficient (Wildman–Crippen LogP) is 0.388. The average molecular weight is 602 g/mol. The van der Waals surface area contributed by atoms with Crippen molar-refractivity contribution in [3.05, 3.63) is 59.8 Å². The summed E-state index contributed by atoms with van der Waals surface area (Å²) < 4.78 is 33.2. The first-order valence-corrected chi connectivity index (χ1v) is 12.7. The number of carbonyl (C=O) groups excluding carboxylic acids is 4. The van der Waals surface area contributed by atoms with Crippen LogP contribution in [-0.4, -0.2) is 101 Å². The molecule has 6 rings (SSSR count). The summed E-state index contributed by atoms with van der Waals surface area (Å²) in [4.78, 5) is 69.5. The number of anilines is 1. The van der Waals surface area contributed by atoms with Gasteiger partial charge in [0.15, 0.2) is 5.69 Å². The molecule has 43 heavy (non-hydrogen) atoms. The van der Waals surface area contributed by atoms with Crippen LogP contribution in [0.5, 0.6) is 0 Å². The topological polar surface area (TPSA) is 193 Å². The Kier molecular flexibility index (Phi) is 7.75. The Bertz CT molecular complexity index is 1590. The van der Waals surface area contributed by atoms with Crippen LogP contribution in [-0.2, 0) is 20.9 Å². The summed E-state index contributed by atoms with van der Waals surface area (Å²) in [6, 6.07) is 6.39. The molecule has 2 fully saturated rings. The monoisotopic (exact) mass is 601 g/mol. The molecule has 0 aliphatic carbocycles. The van der Waals surface area contributed by atoms with E-state index >= 15 is 0 Å². The molecule has 1 aromatic carbocycles. The number of carbonyl (C=O) groups is 5. The average Bonchev–Trinajstić information content (AvgIpc) is 3.56. The number of piperidine rings is 1. The number of hydrogen-bond donors (Lipinski definition) is 3. The van der Waals surface area contributed by atoms with Crippen LogP contribution in [0, 0.1) is 0 Å². The highest BCUT2D eigenvalue weighted by Gasteiger charge is 2.40. The normalized spacial score (nSPS) is 18.3. The molecule has 0 saturated carbocycles. The molecule has 0 spiro atoms. The van der Waals surface area contributed by atoms with Crippen molar-refractivity contribution in [2.24, 2.45) is 0 Å². The highest BCUT2D eigenvalue weighted by Crippen LogP contribution is 2.29. The first kappa shape index (κ1) is 29.1.